The molecule has 1 aromatic heterocycles. The molecule has 11 heteroatoms. The highest BCUT2D eigenvalue weighted by atomic mass is 32.1. The second-order valence-corrected chi connectivity index (χ2v) is 8.94. The normalized spacial score (nSPS) is 11.4. The molecule has 0 aliphatic heterocycles. The molecule has 0 unspecified atom stereocenters. The fraction of sp³-hybridized carbons (Fsp3) is 0.111. The number of hydrogen-bond donors (Lipinski definition) is 3. The first-order chi connectivity index (χ1) is 18.3. The molecule has 0 spiro atoms. The van der Waals surface area contributed by atoms with Gasteiger partial charge in [-0.3, -0.25) is 19.3 Å². The van der Waals surface area contributed by atoms with Gasteiger partial charge in [-0.15, -0.1) is 0 Å². The number of hydrogen-bond acceptors (Lipinski definition) is 7. The maximum absolute atomic E-state index is 14.0. The van der Waals surface area contributed by atoms with Crippen molar-refractivity contribution in [3.8, 4) is 5.75 Å². The molecule has 3 aromatic carbocycles. The summed E-state index contributed by atoms with van der Waals surface area (Å²) >= 11 is 0.697. The summed E-state index contributed by atoms with van der Waals surface area (Å²) in [6.07, 6.45) is 0. The molecule has 0 saturated carbocycles. The summed E-state index contributed by atoms with van der Waals surface area (Å²) < 4.78 is 23.0. The quantitative estimate of drug-likeness (QED) is 0.300. The van der Waals surface area contributed by atoms with Crippen LogP contribution in [0.2, 0.25) is 0 Å². The van der Waals surface area contributed by atoms with Crippen molar-refractivity contribution < 1.29 is 23.5 Å². The van der Waals surface area contributed by atoms with Gasteiger partial charge in [0.15, 0.2) is 5.69 Å². The molecule has 0 radical (unpaired) electrons. The topological polar surface area (TPSA) is 141 Å². The minimum Gasteiger partial charge on any atom is -0.497 e. The number of benzene rings is 3. The van der Waals surface area contributed by atoms with Crippen molar-refractivity contribution in [1.82, 2.24) is 9.69 Å². The van der Waals surface area contributed by atoms with E-state index in [1.54, 1.807) is 24.3 Å². The molecule has 194 valence electrons. The SMILES string of the molecule is COc1ccc(N(C(=O)c2snc(C(N)=O)c2N)[C@H](C(=O)NCc2ccccc2)c2ccc(F)cc2)cc1. The molecule has 5 N–H and O–H groups in total. The number of anilines is 2. The highest BCUT2D eigenvalue weighted by Crippen LogP contribution is 2.34. The number of nitrogens with two attached hydrogens (primary N) is 2. The Balaban J connectivity index is 1.82. The molecule has 0 aliphatic carbocycles. The largest absolute Gasteiger partial charge is 0.497 e. The van der Waals surface area contributed by atoms with Crippen LogP contribution < -0.4 is 26.4 Å². The average Bonchev–Trinajstić information content (AvgIpc) is 3.33. The number of nitrogen functional groups attached to an aromatic ring is 1. The summed E-state index contributed by atoms with van der Waals surface area (Å²) in [6.45, 7) is 0.191. The average molecular weight is 534 g/mol. The van der Waals surface area contributed by atoms with Gasteiger partial charge >= 0.3 is 0 Å². The van der Waals surface area contributed by atoms with Crippen LogP contribution in [-0.4, -0.2) is 29.2 Å². The summed E-state index contributed by atoms with van der Waals surface area (Å²) in [7, 11) is 1.50. The van der Waals surface area contributed by atoms with Gasteiger partial charge in [-0.05, 0) is 59.1 Å². The van der Waals surface area contributed by atoms with Gasteiger partial charge < -0.3 is 21.5 Å². The van der Waals surface area contributed by atoms with Crippen LogP contribution in [0.25, 0.3) is 0 Å². The Kier molecular flexibility index (Phi) is 7.97. The van der Waals surface area contributed by atoms with E-state index in [1.807, 2.05) is 30.3 Å². The van der Waals surface area contributed by atoms with E-state index in [1.165, 1.54) is 36.3 Å². The molecule has 0 fully saturated rings. The minimum atomic E-state index is -1.24. The summed E-state index contributed by atoms with van der Waals surface area (Å²) in [4.78, 5) is 40.6. The first-order valence-corrected chi connectivity index (χ1v) is 12.2. The van der Waals surface area contributed by atoms with E-state index >= 15 is 0 Å². The van der Waals surface area contributed by atoms with Crippen molar-refractivity contribution in [2.24, 2.45) is 5.73 Å². The summed E-state index contributed by atoms with van der Waals surface area (Å²) in [5.41, 5.74) is 12.5. The van der Waals surface area contributed by atoms with Crippen molar-refractivity contribution in [3.05, 3.63) is 106 Å². The first-order valence-electron chi connectivity index (χ1n) is 11.4. The predicted octanol–water partition coefficient (Wildman–Crippen LogP) is 3.68. The van der Waals surface area contributed by atoms with E-state index in [9.17, 15) is 18.8 Å². The maximum Gasteiger partial charge on any atom is 0.273 e. The Hall–Kier alpha value is -4.77. The maximum atomic E-state index is 14.0. The van der Waals surface area contributed by atoms with Gasteiger partial charge in [0, 0.05) is 12.2 Å². The molecule has 4 aromatic rings. The number of aromatic nitrogens is 1. The third-order valence-corrected chi connectivity index (χ3v) is 6.58. The van der Waals surface area contributed by atoms with Crippen LogP contribution in [-0.2, 0) is 11.3 Å². The van der Waals surface area contributed by atoms with E-state index in [2.05, 4.69) is 9.69 Å². The zero-order valence-electron chi connectivity index (χ0n) is 20.3. The second kappa shape index (κ2) is 11.5. The highest BCUT2D eigenvalue weighted by molar-refractivity contribution is 7.09. The Labute approximate surface area is 222 Å². The zero-order valence-corrected chi connectivity index (χ0v) is 21.1. The smallest absolute Gasteiger partial charge is 0.273 e. The lowest BCUT2D eigenvalue weighted by molar-refractivity contribution is -0.122. The third kappa shape index (κ3) is 5.62. The van der Waals surface area contributed by atoms with Gasteiger partial charge in [-0.25, -0.2) is 4.39 Å². The number of halogens is 1. The van der Waals surface area contributed by atoms with Gasteiger partial charge in [0.1, 0.15) is 22.5 Å². The lowest BCUT2D eigenvalue weighted by Gasteiger charge is -2.31. The molecule has 9 nitrogen and oxygen atoms in total. The molecule has 0 aliphatic rings. The molecule has 3 amide bonds. The summed E-state index contributed by atoms with van der Waals surface area (Å²) in [5.74, 6) is -2.08. The lowest BCUT2D eigenvalue weighted by atomic mass is 10.0. The van der Waals surface area contributed by atoms with E-state index < -0.39 is 29.6 Å². The molecule has 38 heavy (non-hydrogen) atoms. The molecular formula is C27H24FN5O4S. The van der Waals surface area contributed by atoms with E-state index in [0.717, 1.165) is 5.56 Å². The van der Waals surface area contributed by atoms with Crippen molar-refractivity contribution in [1.29, 1.82) is 0 Å². The number of rotatable bonds is 9. The standard InChI is InChI=1S/C27H24FN5O4S/c1-37-20-13-11-19(12-14-20)33(27(36)24-21(29)22(25(30)34)32-38-24)23(17-7-9-18(28)10-8-17)26(35)31-15-16-5-3-2-4-6-16/h2-14,23H,15,29H2,1H3,(H2,30,34)(H,31,35)/t23-/m0/s1. The van der Waals surface area contributed by atoms with Crippen LogP contribution in [0.15, 0.2) is 78.9 Å². The van der Waals surface area contributed by atoms with Gasteiger partial charge in [0.25, 0.3) is 11.8 Å². The van der Waals surface area contributed by atoms with Crippen LogP contribution in [0.5, 0.6) is 5.75 Å². The van der Waals surface area contributed by atoms with E-state index in [0.29, 0.717) is 28.5 Å². The van der Waals surface area contributed by atoms with Crippen molar-refractivity contribution in [3.63, 3.8) is 0 Å². The summed E-state index contributed by atoms with van der Waals surface area (Å²) in [6, 6.07) is 19.7. The molecular weight excluding hydrogens is 509 g/mol. The number of carbonyl (C=O) groups is 3. The Morgan fingerprint density at radius 2 is 1.68 bits per heavy atom. The number of primary amides is 1. The molecule has 1 heterocycles. The number of nitrogens with zero attached hydrogens (tertiary/aromatic N) is 2. The third-order valence-electron chi connectivity index (χ3n) is 5.73. The molecule has 1 atom stereocenters. The monoisotopic (exact) mass is 533 g/mol. The molecule has 0 saturated heterocycles. The fourth-order valence-corrected chi connectivity index (χ4v) is 4.55. The summed E-state index contributed by atoms with van der Waals surface area (Å²) in [5, 5.41) is 2.86. The van der Waals surface area contributed by atoms with Crippen LogP contribution in [0.4, 0.5) is 15.8 Å². The number of carbonyl (C=O) groups excluding carboxylic acids is 3. The minimum absolute atomic E-state index is 0.0717. The van der Waals surface area contributed by atoms with Crippen LogP contribution >= 0.6 is 11.5 Å². The number of amides is 3. The lowest BCUT2D eigenvalue weighted by Crippen LogP contribution is -2.44. The molecule has 4 rings (SSSR count). The Morgan fingerprint density at radius 3 is 2.26 bits per heavy atom. The van der Waals surface area contributed by atoms with Crippen molar-refractivity contribution >= 4 is 40.6 Å². The number of ether oxygens (including phenoxy) is 1. The van der Waals surface area contributed by atoms with Crippen molar-refractivity contribution in [2.75, 3.05) is 17.7 Å². The van der Waals surface area contributed by atoms with Gasteiger partial charge in [0.05, 0.1) is 12.8 Å². The zero-order chi connectivity index (χ0) is 27.2. The van der Waals surface area contributed by atoms with Crippen LogP contribution in [0.3, 0.4) is 0 Å². The van der Waals surface area contributed by atoms with E-state index in [4.69, 9.17) is 16.2 Å². The van der Waals surface area contributed by atoms with Gasteiger partial charge in [-0.1, -0.05) is 42.5 Å². The number of nitrogens with one attached hydrogen (secondary N) is 1. The van der Waals surface area contributed by atoms with Crippen molar-refractivity contribution in [2.45, 2.75) is 12.6 Å². The Morgan fingerprint density at radius 1 is 1.03 bits per heavy atom. The number of methoxy groups -OCH3 is 1. The van der Waals surface area contributed by atoms with Gasteiger partial charge in [-0.2, -0.15) is 4.37 Å². The first kappa shape index (κ1) is 26.3. The van der Waals surface area contributed by atoms with Crippen LogP contribution in [0, 0.1) is 5.82 Å². The highest BCUT2D eigenvalue weighted by Gasteiger charge is 2.36. The molecule has 0 bridgehead atoms. The van der Waals surface area contributed by atoms with E-state index in [-0.39, 0.29) is 22.8 Å². The van der Waals surface area contributed by atoms with Crippen LogP contribution in [0.1, 0.15) is 37.3 Å². The van der Waals surface area contributed by atoms with Gasteiger partial charge in [0.2, 0.25) is 5.91 Å². The fourth-order valence-electron chi connectivity index (χ4n) is 3.81. The predicted molar refractivity (Wildman–Crippen MR) is 142 cm³/mol. The Bertz CT molecular complexity index is 1440. The second-order valence-electron chi connectivity index (χ2n) is 8.17.